The summed E-state index contributed by atoms with van der Waals surface area (Å²) in [4.78, 5) is 3.17. The van der Waals surface area contributed by atoms with Gasteiger partial charge in [0.05, 0.1) is 0 Å². The lowest BCUT2D eigenvalue weighted by molar-refractivity contribution is 0.743. The summed E-state index contributed by atoms with van der Waals surface area (Å²) in [6.07, 6.45) is 1.93. The largest absolute Gasteiger partial charge is 0.361 e. The first-order valence-corrected chi connectivity index (χ1v) is 5.24. The molecule has 0 aliphatic heterocycles. The highest BCUT2D eigenvalue weighted by atomic mass is 79.9. The van der Waals surface area contributed by atoms with Gasteiger partial charge in [-0.1, -0.05) is 15.9 Å². The number of aromatic nitrogens is 1. The van der Waals surface area contributed by atoms with Crippen molar-refractivity contribution in [2.45, 2.75) is 6.04 Å². The molecule has 1 aromatic carbocycles. The van der Waals surface area contributed by atoms with E-state index in [-0.39, 0.29) is 6.04 Å². The van der Waals surface area contributed by atoms with Gasteiger partial charge in [-0.15, -0.1) is 0 Å². The summed E-state index contributed by atoms with van der Waals surface area (Å²) < 4.78 is 1.05. The van der Waals surface area contributed by atoms with E-state index in [1.807, 2.05) is 18.3 Å². The second-order valence-electron chi connectivity index (χ2n) is 3.28. The topological polar surface area (TPSA) is 67.8 Å². The molecule has 1 aromatic heterocycles. The van der Waals surface area contributed by atoms with Crippen LogP contribution in [0.3, 0.4) is 0 Å². The van der Waals surface area contributed by atoms with Crippen LogP contribution in [0.1, 0.15) is 11.6 Å². The van der Waals surface area contributed by atoms with Crippen molar-refractivity contribution in [1.29, 1.82) is 0 Å². The van der Waals surface area contributed by atoms with Gasteiger partial charge in [-0.3, -0.25) is 0 Å². The summed E-state index contributed by atoms with van der Waals surface area (Å²) in [6.45, 7) is 0.458. The number of hydrogen-bond acceptors (Lipinski definition) is 2. The minimum Gasteiger partial charge on any atom is -0.361 e. The van der Waals surface area contributed by atoms with Crippen LogP contribution in [0.4, 0.5) is 0 Å². The minimum atomic E-state index is -0.0990. The van der Waals surface area contributed by atoms with Crippen LogP contribution in [0.25, 0.3) is 10.9 Å². The summed E-state index contributed by atoms with van der Waals surface area (Å²) in [6, 6.07) is 5.97. The lowest BCUT2D eigenvalue weighted by atomic mass is 10.1. The number of nitrogens with one attached hydrogen (secondary N) is 1. The fraction of sp³-hybridized carbons (Fsp3) is 0.200. The summed E-state index contributed by atoms with van der Waals surface area (Å²) in [5.74, 6) is 0. The molecule has 4 heteroatoms. The molecule has 1 atom stereocenters. The monoisotopic (exact) mass is 253 g/mol. The Morgan fingerprint density at radius 2 is 2.21 bits per heavy atom. The van der Waals surface area contributed by atoms with E-state index < -0.39 is 0 Å². The van der Waals surface area contributed by atoms with Crippen LogP contribution >= 0.6 is 15.9 Å². The van der Waals surface area contributed by atoms with Gasteiger partial charge in [-0.05, 0) is 23.8 Å². The van der Waals surface area contributed by atoms with E-state index in [0.29, 0.717) is 6.54 Å². The van der Waals surface area contributed by atoms with Gasteiger partial charge in [0, 0.05) is 34.2 Å². The Morgan fingerprint density at radius 3 is 2.93 bits per heavy atom. The molecule has 0 bridgehead atoms. The van der Waals surface area contributed by atoms with Crippen molar-refractivity contribution in [3.8, 4) is 0 Å². The first-order chi connectivity index (χ1) is 6.72. The summed E-state index contributed by atoms with van der Waals surface area (Å²) in [5.41, 5.74) is 13.6. The molecule has 0 spiro atoms. The van der Waals surface area contributed by atoms with Crippen molar-refractivity contribution in [1.82, 2.24) is 4.98 Å². The number of hydrogen-bond donors (Lipinski definition) is 3. The predicted octanol–water partition coefficient (Wildman–Crippen LogP) is 1.89. The van der Waals surface area contributed by atoms with E-state index >= 15 is 0 Å². The maximum Gasteiger partial charge on any atom is 0.0458 e. The number of halogens is 1. The molecule has 0 amide bonds. The molecule has 3 nitrogen and oxygen atoms in total. The Morgan fingerprint density at radius 1 is 1.43 bits per heavy atom. The second kappa shape index (κ2) is 3.73. The van der Waals surface area contributed by atoms with Crippen LogP contribution in [0.15, 0.2) is 28.9 Å². The highest BCUT2D eigenvalue weighted by molar-refractivity contribution is 9.10. The Balaban J connectivity index is 2.61. The number of H-pyrrole nitrogens is 1. The highest BCUT2D eigenvalue weighted by Gasteiger charge is 2.09. The summed E-state index contributed by atoms with van der Waals surface area (Å²) in [5, 5.41) is 1.14. The Labute approximate surface area is 90.6 Å². The quantitative estimate of drug-likeness (QED) is 0.766. The van der Waals surface area contributed by atoms with E-state index in [9.17, 15) is 0 Å². The molecule has 74 valence electrons. The van der Waals surface area contributed by atoms with E-state index in [1.165, 1.54) is 0 Å². The van der Waals surface area contributed by atoms with Gasteiger partial charge < -0.3 is 16.5 Å². The third kappa shape index (κ3) is 1.56. The first-order valence-electron chi connectivity index (χ1n) is 4.44. The maximum atomic E-state index is 5.89. The number of fused-ring (bicyclic) bond motifs is 1. The Bertz CT molecular complexity index is 450. The fourth-order valence-electron chi connectivity index (χ4n) is 1.55. The molecular weight excluding hydrogens is 242 g/mol. The van der Waals surface area contributed by atoms with Crippen LogP contribution in [0, 0.1) is 0 Å². The Kier molecular flexibility index (Phi) is 2.58. The zero-order valence-electron chi connectivity index (χ0n) is 7.63. The van der Waals surface area contributed by atoms with Crippen molar-refractivity contribution in [2.75, 3.05) is 6.54 Å². The van der Waals surface area contributed by atoms with Crippen molar-refractivity contribution in [2.24, 2.45) is 11.5 Å². The molecular formula is C10H12BrN3. The Hall–Kier alpha value is -0.840. The fourth-order valence-corrected chi connectivity index (χ4v) is 1.91. The van der Waals surface area contributed by atoms with E-state index in [2.05, 4.69) is 27.0 Å². The number of nitrogens with two attached hydrogens (primary N) is 2. The van der Waals surface area contributed by atoms with Gasteiger partial charge in [-0.2, -0.15) is 0 Å². The maximum absolute atomic E-state index is 5.89. The molecule has 2 rings (SSSR count). The minimum absolute atomic E-state index is 0.0990. The van der Waals surface area contributed by atoms with Crippen LogP contribution < -0.4 is 11.5 Å². The average Bonchev–Trinajstić information content (AvgIpc) is 2.59. The predicted molar refractivity (Wildman–Crippen MR) is 62.0 cm³/mol. The molecule has 0 fully saturated rings. The summed E-state index contributed by atoms with van der Waals surface area (Å²) >= 11 is 3.44. The lowest BCUT2D eigenvalue weighted by Crippen LogP contribution is -2.20. The number of rotatable bonds is 2. The van der Waals surface area contributed by atoms with Crippen molar-refractivity contribution in [3.05, 3.63) is 34.4 Å². The summed E-state index contributed by atoms with van der Waals surface area (Å²) in [7, 11) is 0. The molecule has 14 heavy (non-hydrogen) atoms. The number of benzene rings is 1. The first kappa shape index (κ1) is 9.71. The zero-order valence-corrected chi connectivity index (χ0v) is 9.21. The lowest BCUT2D eigenvalue weighted by Gasteiger charge is -2.06. The molecule has 0 aliphatic carbocycles. The third-order valence-corrected chi connectivity index (χ3v) is 2.82. The average molecular weight is 254 g/mol. The van der Waals surface area contributed by atoms with Gasteiger partial charge in [0.15, 0.2) is 0 Å². The molecule has 0 saturated heterocycles. The normalized spacial score (nSPS) is 13.4. The molecule has 0 radical (unpaired) electrons. The molecule has 0 saturated carbocycles. The van der Waals surface area contributed by atoms with Crippen molar-refractivity contribution >= 4 is 26.8 Å². The van der Waals surface area contributed by atoms with Gasteiger partial charge in [0.1, 0.15) is 0 Å². The van der Waals surface area contributed by atoms with Gasteiger partial charge in [-0.25, -0.2) is 0 Å². The molecule has 5 N–H and O–H groups in total. The third-order valence-electron chi connectivity index (χ3n) is 2.33. The van der Waals surface area contributed by atoms with Crippen molar-refractivity contribution in [3.63, 3.8) is 0 Å². The number of aromatic amines is 1. The van der Waals surface area contributed by atoms with Crippen LogP contribution in [0.2, 0.25) is 0 Å². The van der Waals surface area contributed by atoms with E-state index in [1.54, 1.807) is 0 Å². The molecule has 1 heterocycles. The van der Waals surface area contributed by atoms with Crippen molar-refractivity contribution < 1.29 is 0 Å². The standard InChI is InChI=1S/C10H12BrN3/c11-6-1-2-10-7(3-6)8(5-14-10)9(13)4-12/h1-3,5,9,14H,4,12-13H2. The van der Waals surface area contributed by atoms with E-state index in [0.717, 1.165) is 20.9 Å². The van der Waals surface area contributed by atoms with Gasteiger partial charge >= 0.3 is 0 Å². The smallest absolute Gasteiger partial charge is 0.0458 e. The molecule has 0 aliphatic rings. The van der Waals surface area contributed by atoms with E-state index in [4.69, 9.17) is 11.5 Å². The SMILES string of the molecule is NCC(N)c1c[nH]c2ccc(Br)cc12. The van der Waals surface area contributed by atoms with Crippen LogP contribution in [0.5, 0.6) is 0 Å². The van der Waals surface area contributed by atoms with Crippen LogP contribution in [-0.2, 0) is 0 Å². The zero-order chi connectivity index (χ0) is 10.1. The highest BCUT2D eigenvalue weighted by Crippen LogP contribution is 2.25. The molecule has 2 aromatic rings. The van der Waals surface area contributed by atoms with Gasteiger partial charge in [0.2, 0.25) is 0 Å². The van der Waals surface area contributed by atoms with Gasteiger partial charge in [0.25, 0.3) is 0 Å². The van der Waals surface area contributed by atoms with Crippen LogP contribution in [-0.4, -0.2) is 11.5 Å². The molecule has 1 unspecified atom stereocenters. The second-order valence-corrected chi connectivity index (χ2v) is 4.19.